The van der Waals surface area contributed by atoms with Crippen LogP contribution in [-0.2, 0) is 16.8 Å². The van der Waals surface area contributed by atoms with Crippen LogP contribution >= 0.6 is 0 Å². The van der Waals surface area contributed by atoms with E-state index in [-0.39, 0.29) is 18.3 Å². The quantitative estimate of drug-likeness (QED) is 0.423. The highest BCUT2D eigenvalue weighted by atomic mass is 16.8. The third kappa shape index (κ3) is 1.71. The Morgan fingerprint density at radius 2 is 2.05 bits per heavy atom. The third-order valence-electron chi connectivity index (χ3n) is 4.81. The van der Waals surface area contributed by atoms with Crippen LogP contribution in [0.3, 0.4) is 0 Å². The van der Waals surface area contributed by atoms with Crippen LogP contribution in [0.15, 0.2) is 4.63 Å². The van der Waals surface area contributed by atoms with Crippen molar-refractivity contribution in [3.05, 3.63) is 21.8 Å². The zero-order valence-corrected chi connectivity index (χ0v) is 11.4. The lowest BCUT2D eigenvalue weighted by atomic mass is 9.82. The van der Waals surface area contributed by atoms with E-state index in [1.54, 1.807) is 0 Å². The first-order valence-corrected chi connectivity index (χ1v) is 7.17. The summed E-state index contributed by atoms with van der Waals surface area (Å²) in [6.07, 6.45) is 0.595. The lowest BCUT2D eigenvalue weighted by molar-refractivity contribution is -1.01. The number of aliphatic hydroxyl groups is 1. The molecule has 21 heavy (non-hydrogen) atoms. The summed E-state index contributed by atoms with van der Waals surface area (Å²) in [4.78, 5) is 1.43. The molecule has 0 spiro atoms. The summed E-state index contributed by atoms with van der Waals surface area (Å²) in [7, 11) is 0. The molecule has 9 nitrogen and oxygen atoms in total. The topological polar surface area (TPSA) is 113 Å². The minimum Gasteiger partial charge on any atom is -0.619 e. The molecule has 0 saturated carbocycles. The second-order valence-corrected chi connectivity index (χ2v) is 5.85. The smallest absolute Gasteiger partial charge is 0.292 e. The van der Waals surface area contributed by atoms with Crippen molar-refractivity contribution in [2.75, 3.05) is 26.3 Å². The summed E-state index contributed by atoms with van der Waals surface area (Å²) in [5, 5.41) is 38.7. The van der Waals surface area contributed by atoms with E-state index >= 15 is 0 Å². The molecule has 2 atom stereocenters. The van der Waals surface area contributed by atoms with Crippen molar-refractivity contribution in [1.29, 1.82) is 0 Å². The molecule has 0 unspecified atom stereocenters. The van der Waals surface area contributed by atoms with E-state index in [4.69, 9.17) is 4.74 Å². The zero-order valence-electron chi connectivity index (χ0n) is 11.4. The van der Waals surface area contributed by atoms with Crippen LogP contribution in [0, 0.1) is 10.4 Å². The van der Waals surface area contributed by atoms with Crippen LogP contribution in [0.5, 0.6) is 0 Å². The highest BCUT2D eigenvalue weighted by molar-refractivity contribution is 5.91. The molecule has 2 N–H and O–H groups in total. The number of fused-ring (bicyclic) bond motifs is 3. The minimum atomic E-state index is -1.47. The van der Waals surface area contributed by atoms with Gasteiger partial charge in [-0.25, -0.2) is 0 Å². The lowest BCUT2D eigenvalue weighted by Gasteiger charge is -2.27. The van der Waals surface area contributed by atoms with E-state index in [2.05, 4.69) is 9.79 Å². The molecule has 3 aliphatic rings. The molecule has 0 amide bonds. The van der Waals surface area contributed by atoms with E-state index in [9.17, 15) is 15.5 Å². The monoisotopic (exact) mass is 297 g/mol. The van der Waals surface area contributed by atoms with Crippen LogP contribution in [0.2, 0.25) is 0 Å². The van der Waals surface area contributed by atoms with Crippen molar-refractivity contribution in [2.24, 2.45) is 0 Å². The van der Waals surface area contributed by atoms with Gasteiger partial charge >= 0.3 is 0 Å². The second kappa shape index (κ2) is 4.39. The Morgan fingerprint density at radius 1 is 1.29 bits per heavy atom. The van der Waals surface area contributed by atoms with Gasteiger partial charge in [-0.3, -0.25) is 9.53 Å². The third-order valence-corrected chi connectivity index (χ3v) is 4.81. The number of morpholine rings is 1. The van der Waals surface area contributed by atoms with Gasteiger partial charge in [0.25, 0.3) is 11.9 Å². The molecule has 3 heterocycles. The summed E-state index contributed by atoms with van der Waals surface area (Å²) >= 11 is 0. The van der Waals surface area contributed by atoms with Crippen molar-refractivity contribution < 1.29 is 29.0 Å². The molecule has 1 fully saturated rings. The molecule has 4 rings (SSSR count). The van der Waals surface area contributed by atoms with Gasteiger partial charge in [-0.15, -0.1) is 0 Å². The number of quaternary nitrogens is 1. The number of aromatic nitrogens is 2. The van der Waals surface area contributed by atoms with E-state index in [1.165, 1.54) is 0 Å². The van der Waals surface area contributed by atoms with Crippen molar-refractivity contribution in [2.45, 2.75) is 31.0 Å². The molecular weight excluding hydrogens is 280 g/mol. The van der Waals surface area contributed by atoms with Gasteiger partial charge in [0.05, 0.1) is 13.2 Å². The van der Waals surface area contributed by atoms with Crippen molar-refractivity contribution in [3.8, 4) is 0 Å². The Balaban J connectivity index is 1.72. The molecule has 1 aromatic rings. The fourth-order valence-corrected chi connectivity index (χ4v) is 3.71. The molecular formula is C12H17N4O5+. The van der Waals surface area contributed by atoms with E-state index in [0.29, 0.717) is 42.4 Å². The van der Waals surface area contributed by atoms with Gasteiger partial charge in [-0.1, -0.05) is 0 Å². The average molecular weight is 297 g/mol. The van der Waals surface area contributed by atoms with Crippen LogP contribution in [0.25, 0.3) is 0 Å². The molecule has 0 radical (unpaired) electrons. The Labute approximate surface area is 120 Å². The highest BCUT2D eigenvalue weighted by Crippen LogP contribution is 2.38. The Kier molecular flexibility index (Phi) is 2.72. The van der Waals surface area contributed by atoms with Gasteiger partial charge in [-0.2, -0.15) is 4.74 Å². The van der Waals surface area contributed by atoms with Crippen LogP contribution in [0.1, 0.15) is 24.2 Å². The summed E-state index contributed by atoms with van der Waals surface area (Å²) in [5.74, 6) is 0. The molecule has 0 aromatic carbocycles. The predicted molar refractivity (Wildman–Crippen MR) is 66.2 cm³/mol. The van der Waals surface area contributed by atoms with E-state index < -0.39 is 5.60 Å². The first kappa shape index (κ1) is 13.0. The lowest BCUT2D eigenvalue weighted by Crippen LogP contribution is -3.18. The summed E-state index contributed by atoms with van der Waals surface area (Å²) < 4.78 is 10.8. The number of nitrogens with zero attached hydrogens (tertiary/aromatic N) is 3. The predicted octanol–water partition coefficient (Wildman–Crippen LogP) is -2.96. The van der Waals surface area contributed by atoms with Gasteiger partial charge < -0.3 is 20.3 Å². The van der Waals surface area contributed by atoms with E-state index in [0.717, 1.165) is 22.7 Å². The Bertz CT molecular complexity index is 609. The second-order valence-electron chi connectivity index (χ2n) is 5.85. The standard InChI is InChI=1S/C12H16N4O5/c17-12-7-10(14-3-5-20-6-4-14)15(18)9(12)2-1-8-11(12)13-21-16(8)19/h10,17H,1-7H2/p+1/t10-,12+/m0/s1. The number of nitrogens with one attached hydrogen (secondary N) is 1. The molecule has 114 valence electrons. The molecule has 1 aromatic heterocycles. The van der Waals surface area contributed by atoms with Gasteiger partial charge in [0.2, 0.25) is 17.0 Å². The van der Waals surface area contributed by atoms with Crippen LogP contribution < -0.4 is 9.80 Å². The first-order chi connectivity index (χ1) is 10.1. The van der Waals surface area contributed by atoms with Gasteiger partial charge in [0.1, 0.15) is 19.5 Å². The summed E-state index contributed by atoms with van der Waals surface area (Å²) in [5.41, 5.74) is -0.542. The zero-order chi connectivity index (χ0) is 14.6. The fraction of sp³-hybridized carbons (Fsp3) is 0.750. The van der Waals surface area contributed by atoms with Crippen molar-refractivity contribution in [3.63, 3.8) is 0 Å². The number of hydrogen-bond donors (Lipinski definition) is 2. The molecule has 1 aliphatic carbocycles. The first-order valence-electron chi connectivity index (χ1n) is 7.17. The Morgan fingerprint density at radius 3 is 2.81 bits per heavy atom. The van der Waals surface area contributed by atoms with Gasteiger partial charge in [0, 0.05) is 18.0 Å². The molecule has 1 saturated heterocycles. The SMILES string of the molecule is [O-][N+]1=C2CCc3c(no[n+]3[O-])[C@@]2(O)C[C@H]1[NH+]1CCOCC1. The number of hydroxylamine groups is 1. The summed E-state index contributed by atoms with van der Waals surface area (Å²) in [6, 6.07) is 0. The fourth-order valence-electron chi connectivity index (χ4n) is 3.71. The largest absolute Gasteiger partial charge is 0.619 e. The van der Waals surface area contributed by atoms with Crippen LogP contribution in [-0.4, -0.2) is 53.2 Å². The molecule has 0 bridgehead atoms. The Hall–Kier alpha value is -1.71. The van der Waals surface area contributed by atoms with Gasteiger partial charge in [-0.05, 0) is 4.90 Å². The maximum absolute atomic E-state index is 12.6. The normalized spacial score (nSPS) is 33.1. The molecule has 2 aliphatic heterocycles. The number of hydrogen-bond acceptors (Lipinski definition) is 6. The number of ether oxygens (including phenoxy) is 1. The van der Waals surface area contributed by atoms with Gasteiger partial charge in [0.15, 0.2) is 0 Å². The highest BCUT2D eigenvalue weighted by Gasteiger charge is 2.62. The summed E-state index contributed by atoms with van der Waals surface area (Å²) in [6.45, 7) is 2.70. The van der Waals surface area contributed by atoms with E-state index in [1.807, 2.05) is 0 Å². The maximum Gasteiger partial charge on any atom is 0.292 e. The average Bonchev–Trinajstić information content (AvgIpc) is 3.00. The van der Waals surface area contributed by atoms with Crippen LogP contribution in [0.4, 0.5) is 0 Å². The number of rotatable bonds is 1. The maximum atomic E-state index is 12.6. The molecule has 9 heteroatoms. The minimum absolute atomic E-state index is 0.203. The van der Waals surface area contributed by atoms with Crippen molar-refractivity contribution in [1.82, 2.24) is 5.16 Å². The van der Waals surface area contributed by atoms with Crippen molar-refractivity contribution >= 4 is 5.71 Å².